The van der Waals surface area contributed by atoms with E-state index < -0.39 is 40.7 Å². The molecule has 9 heteroatoms. The average molecular weight is 339 g/mol. The van der Waals surface area contributed by atoms with Crippen LogP contribution < -0.4 is 5.32 Å². The van der Waals surface area contributed by atoms with E-state index in [9.17, 15) is 35.9 Å². The fraction of sp³-hybridized carbons (Fsp3) is 0.286. The fourth-order valence-electron chi connectivity index (χ4n) is 1.82. The van der Waals surface area contributed by atoms with Gasteiger partial charge in [0.1, 0.15) is 0 Å². The Morgan fingerprint density at radius 1 is 0.957 bits per heavy atom. The van der Waals surface area contributed by atoms with Crippen LogP contribution in [0.25, 0.3) is 0 Å². The summed E-state index contributed by atoms with van der Waals surface area (Å²) < 4.78 is 79.3. The zero-order chi connectivity index (χ0) is 18.1. The van der Waals surface area contributed by atoms with Crippen molar-refractivity contribution in [3.63, 3.8) is 0 Å². The third-order valence-corrected chi connectivity index (χ3v) is 3.07. The fourth-order valence-corrected chi connectivity index (χ4v) is 1.82. The van der Waals surface area contributed by atoms with Gasteiger partial charge in [0.05, 0.1) is 0 Å². The second-order valence-electron chi connectivity index (χ2n) is 4.60. The molecule has 0 atom stereocenters. The van der Waals surface area contributed by atoms with Crippen LogP contribution >= 0.6 is 0 Å². The quantitative estimate of drug-likeness (QED) is 0.675. The molecule has 0 aliphatic rings. The highest BCUT2D eigenvalue weighted by molar-refractivity contribution is 5.99. The molecule has 0 heterocycles. The van der Waals surface area contributed by atoms with Gasteiger partial charge >= 0.3 is 12.4 Å². The third-order valence-electron chi connectivity index (χ3n) is 3.07. The lowest BCUT2D eigenvalue weighted by atomic mass is 9.86. The maximum absolute atomic E-state index is 13.2. The lowest BCUT2D eigenvalue weighted by molar-refractivity contribution is -0.290. The molecule has 0 radical (unpaired) electrons. The molecule has 1 aromatic rings. The molecule has 0 bridgehead atoms. The summed E-state index contributed by atoms with van der Waals surface area (Å²) in [5.41, 5.74) is -7.11. The molecular weight excluding hydrogens is 328 g/mol. The predicted molar refractivity (Wildman–Crippen MR) is 68.6 cm³/mol. The summed E-state index contributed by atoms with van der Waals surface area (Å²) in [6, 6.07) is 6.01. The summed E-state index contributed by atoms with van der Waals surface area (Å²) >= 11 is 0. The number of Topliss-reactive ketones (excluding diaryl/α,β-unsaturated/α-hetero) is 1. The number of halogens is 6. The first-order valence-electron chi connectivity index (χ1n) is 6.06. The Hall–Kier alpha value is -2.32. The van der Waals surface area contributed by atoms with E-state index in [-0.39, 0.29) is 0 Å². The maximum atomic E-state index is 13.2. The van der Waals surface area contributed by atoms with Gasteiger partial charge < -0.3 is 5.32 Å². The molecule has 0 fully saturated rings. The van der Waals surface area contributed by atoms with Gasteiger partial charge in [0.25, 0.3) is 11.4 Å². The minimum atomic E-state index is -6.02. The van der Waals surface area contributed by atoms with E-state index in [0.29, 0.717) is 6.92 Å². The monoisotopic (exact) mass is 339 g/mol. The van der Waals surface area contributed by atoms with Crippen LogP contribution in [-0.4, -0.2) is 29.6 Å². The van der Waals surface area contributed by atoms with Crippen LogP contribution in [0.2, 0.25) is 0 Å². The number of benzene rings is 1. The van der Waals surface area contributed by atoms with Crippen molar-refractivity contribution < 1.29 is 35.9 Å². The van der Waals surface area contributed by atoms with Crippen LogP contribution in [0.3, 0.4) is 0 Å². The SMILES string of the molecule is C=C(C(C)=O)C(NC(=O)c1ccccc1)(C(F)(F)F)C(F)(F)F. The van der Waals surface area contributed by atoms with E-state index in [0.717, 1.165) is 17.4 Å². The van der Waals surface area contributed by atoms with Crippen LogP contribution in [0.4, 0.5) is 26.3 Å². The smallest absolute Gasteiger partial charge is 0.327 e. The summed E-state index contributed by atoms with van der Waals surface area (Å²) in [7, 11) is 0. The molecule has 0 spiro atoms. The summed E-state index contributed by atoms with van der Waals surface area (Å²) in [5, 5.41) is 0.899. The zero-order valence-electron chi connectivity index (χ0n) is 11.7. The maximum Gasteiger partial charge on any atom is 0.424 e. The largest absolute Gasteiger partial charge is 0.424 e. The van der Waals surface area contributed by atoms with Crippen molar-refractivity contribution in [1.29, 1.82) is 0 Å². The van der Waals surface area contributed by atoms with Gasteiger partial charge in [-0.25, -0.2) is 0 Å². The van der Waals surface area contributed by atoms with E-state index in [1.807, 2.05) is 0 Å². The van der Waals surface area contributed by atoms with E-state index in [4.69, 9.17) is 0 Å². The lowest BCUT2D eigenvalue weighted by Gasteiger charge is -2.38. The Labute approximate surface area is 127 Å². The van der Waals surface area contributed by atoms with Gasteiger partial charge in [0.2, 0.25) is 0 Å². The third kappa shape index (κ3) is 3.38. The molecule has 1 rings (SSSR count). The molecular formula is C14H11F6NO2. The molecule has 0 unspecified atom stereocenters. The molecule has 0 aliphatic carbocycles. The molecule has 0 aliphatic heterocycles. The van der Waals surface area contributed by atoms with Gasteiger partial charge in [-0.2, -0.15) is 26.3 Å². The van der Waals surface area contributed by atoms with Crippen molar-refractivity contribution >= 4 is 11.7 Å². The molecule has 126 valence electrons. The molecule has 0 saturated heterocycles. The van der Waals surface area contributed by atoms with Crippen molar-refractivity contribution in [1.82, 2.24) is 5.32 Å². The van der Waals surface area contributed by atoms with E-state index >= 15 is 0 Å². The second-order valence-corrected chi connectivity index (χ2v) is 4.60. The second kappa shape index (κ2) is 6.05. The van der Waals surface area contributed by atoms with Gasteiger partial charge in [-0.1, -0.05) is 24.8 Å². The first-order chi connectivity index (χ1) is 10.3. The minimum absolute atomic E-state index is 0.429. The molecule has 1 aromatic carbocycles. The van der Waals surface area contributed by atoms with Crippen molar-refractivity contribution in [3.8, 4) is 0 Å². The van der Waals surface area contributed by atoms with Crippen molar-refractivity contribution in [2.75, 3.05) is 0 Å². The van der Waals surface area contributed by atoms with E-state index in [1.165, 1.54) is 18.2 Å². The number of amides is 1. The van der Waals surface area contributed by atoms with Gasteiger partial charge in [-0.15, -0.1) is 0 Å². The highest BCUT2D eigenvalue weighted by Gasteiger charge is 2.74. The van der Waals surface area contributed by atoms with Gasteiger partial charge in [-0.05, 0) is 19.1 Å². The van der Waals surface area contributed by atoms with Crippen LogP contribution in [0.1, 0.15) is 17.3 Å². The molecule has 0 saturated carbocycles. The van der Waals surface area contributed by atoms with Crippen molar-refractivity contribution in [2.24, 2.45) is 0 Å². The predicted octanol–water partition coefficient (Wildman–Crippen LogP) is 3.43. The van der Waals surface area contributed by atoms with Crippen molar-refractivity contribution in [3.05, 3.63) is 48.0 Å². The number of hydrogen-bond acceptors (Lipinski definition) is 2. The van der Waals surface area contributed by atoms with Crippen LogP contribution in [0.15, 0.2) is 42.5 Å². The highest BCUT2D eigenvalue weighted by atomic mass is 19.4. The normalized spacial score (nSPS) is 12.7. The first-order valence-corrected chi connectivity index (χ1v) is 6.06. The highest BCUT2D eigenvalue weighted by Crippen LogP contribution is 2.47. The number of alkyl halides is 6. The van der Waals surface area contributed by atoms with Gasteiger partial charge in [-0.3, -0.25) is 9.59 Å². The van der Waals surface area contributed by atoms with Gasteiger partial charge in [0.15, 0.2) is 5.78 Å². The summed E-state index contributed by atoms with van der Waals surface area (Å²) in [6.45, 7) is 3.11. The van der Waals surface area contributed by atoms with Crippen LogP contribution in [0, 0.1) is 0 Å². The number of rotatable bonds is 4. The minimum Gasteiger partial charge on any atom is -0.327 e. The van der Waals surface area contributed by atoms with E-state index in [2.05, 4.69) is 6.58 Å². The summed E-state index contributed by atoms with van der Waals surface area (Å²) in [4.78, 5) is 23.0. The average Bonchev–Trinajstić information content (AvgIpc) is 2.41. The molecule has 3 nitrogen and oxygen atoms in total. The number of carbonyl (C=O) groups excluding carboxylic acids is 2. The van der Waals surface area contributed by atoms with Crippen LogP contribution in [0.5, 0.6) is 0 Å². The summed E-state index contributed by atoms with van der Waals surface area (Å²) in [6.07, 6.45) is -12.0. The molecule has 1 N–H and O–H groups in total. The Morgan fingerprint density at radius 2 is 1.39 bits per heavy atom. The molecule has 1 amide bonds. The van der Waals surface area contributed by atoms with Gasteiger partial charge in [0, 0.05) is 11.1 Å². The number of hydrogen-bond donors (Lipinski definition) is 1. The number of ketones is 1. The topological polar surface area (TPSA) is 46.2 Å². The number of carbonyl (C=O) groups is 2. The van der Waals surface area contributed by atoms with E-state index in [1.54, 1.807) is 0 Å². The Balaban J connectivity index is 3.49. The standard InChI is InChI=1S/C14H11F6NO2/c1-8(9(2)22)12(13(15,16)17,14(18,19)20)21-11(23)10-6-4-3-5-7-10/h3-7H,1H2,2H3,(H,21,23). The summed E-state index contributed by atoms with van der Waals surface area (Å²) in [5.74, 6) is -3.18. The Bertz CT molecular complexity index is 604. The first kappa shape index (κ1) is 18.7. The Morgan fingerprint density at radius 3 is 1.74 bits per heavy atom. The van der Waals surface area contributed by atoms with Crippen LogP contribution in [-0.2, 0) is 4.79 Å². The van der Waals surface area contributed by atoms with Crippen molar-refractivity contribution in [2.45, 2.75) is 24.8 Å². The molecule has 0 aromatic heterocycles. The zero-order valence-corrected chi connectivity index (χ0v) is 11.7. The molecule has 23 heavy (non-hydrogen) atoms. The lowest BCUT2D eigenvalue weighted by Crippen LogP contribution is -2.69. The Kier molecular flexibility index (Phi) is 4.93. The number of nitrogens with one attached hydrogen (secondary N) is 1.